The Morgan fingerprint density at radius 1 is 0.714 bits per heavy atom. The van der Waals surface area contributed by atoms with Crippen LogP contribution in [-0.4, -0.2) is 5.11 Å². The molecule has 0 saturated carbocycles. The van der Waals surface area contributed by atoms with E-state index in [1.54, 1.807) is 0 Å². The van der Waals surface area contributed by atoms with E-state index >= 15 is 0 Å². The van der Waals surface area contributed by atoms with Crippen molar-refractivity contribution >= 4 is 10.8 Å². The fourth-order valence-electron chi connectivity index (χ4n) is 2.73. The molecule has 1 atom stereocenters. The summed E-state index contributed by atoms with van der Waals surface area (Å²) in [6, 6.07) is 22.5. The quantitative estimate of drug-likeness (QED) is 0.710. The van der Waals surface area contributed by atoms with Crippen molar-refractivity contribution in [1.29, 1.82) is 0 Å². The first-order chi connectivity index (χ1) is 10.2. The highest BCUT2D eigenvalue weighted by molar-refractivity contribution is 5.86. The van der Waals surface area contributed by atoms with Gasteiger partial charge in [0.25, 0.3) is 0 Å². The third kappa shape index (κ3) is 2.70. The first-order valence-electron chi connectivity index (χ1n) is 7.42. The van der Waals surface area contributed by atoms with Crippen molar-refractivity contribution in [3.8, 4) is 0 Å². The molecule has 0 aromatic heterocycles. The molecule has 0 aliphatic carbocycles. The Hall–Kier alpha value is -2.12. The maximum Gasteiger partial charge on any atom is 0.105 e. The zero-order valence-corrected chi connectivity index (χ0v) is 12.5. The molecule has 1 heteroatoms. The summed E-state index contributed by atoms with van der Waals surface area (Å²) in [5.41, 5.74) is 3.20. The summed E-state index contributed by atoms with van der Waals surface area (Å²) < 4.78 is 0. The molecular weight excluding hydrogens is 256 g/mol. The van der Waals surface area contributed by atoms with E-state index in [-0.39, 0.29) is 0 Å². The van der Waals surface area contributed by atoms with Crippen LogP contribution in [0.5, 0.6) is 0 Å². The largest absolute Gasteiger partial charge is 0.384 e. The van der Waals surface area contributed by atoms with E-state index in [1.807, 2.05) is 36.4 Å². The molecule has 21 heavy (non-hydrogen) atoms. The summed E-state index contributed by atoms with van der Waals surface area (Å²) in [6.07, 6.45) is -0.586. The molecule has 0 bridgehead atoms. The van der Waals surface area contributed by atoms with Crippen LogP contribution in [0.4, 0.5) is 0 Å². The zero-order valence-electron chi connectivity index (χ0n) is 12.5. The zero-order chi connectivity index (χ0) is 14.8. The number of rotatable bonds is 3. The van der Waals surface area contributed by atoms with E-state index in [0.717, 1.165) is 21.9 Å². The van der Waals surface area contributed by atoms with Gasteiger partial charge in [-0.05, 0) is 33.4 Å². The Balaban J connectivity index is 2.02. The number of aliphatic hydroxyl groups excluding tert-OH is 1. The van der Waals surface area contributed by atoms with Crippen LogP contribution >= 0.6 is 0 Å². The van der Waals surface area contributed by atoms with Gasteiger partial charge in [0.2, 0.25) is 0 Å². The highest BCUT2D eigenvalue weighted by Gasteiger charge is 2.13. The fraction of sp³-hybridized carbons (Fsp3) is 0.200. The molecule has 0 saturated heterocycles. The van der Waals surface area contributed by atoms with Gasteiger partial charge in [-0.15, -0.1) is 0 Å². The summed E-state index contributed by atoms with van der Waals surface area (Å²) in [4.78, 5) is 0. The van der Waals surface area contributed by atoms with E-state index in [9.17, 15) is 5.11 Å². The highest BCUT2D eigenvalue weighted by Crippen LogP contribution is 2.29. The van der Waals surface area contributed by atoms with Gasteiger partial charge in [-0.2, -0.15) is 0 Å². The molecule has 3 rings (SSSR count). The second kappa shape index (κ2) is 5.71. The molecule has 0 unspecified atom stereocenters. The maximum atomic E-state index is 10.7. The molecule has 0 aliphatic heterocycles. The molecule has 0 aliphatic rings. The molecule has 1 N–H and O–H groups in total. The van der Waals surface area contributed by atoms with Crippen LogP contribution in [0.15, 0.2) is 66.7 Å². The molecule has 0 radical (unpaired) electrons. The Bertz CT molecular complexity index is 736. The topological polar surface area (TPSA) is 20.2 Å². The van der Waals surface area contributed by atoms with Crippen molar-refractivity contribution in [2.75, 3.05) is 0 Å². The number of benzene rings is 3. The lowest BCUT2D eigenvalue weighted by molar-refractivity contribution is 0.222. The number of aliphatic hydroxyl groups is 1. The van der Waals surface area contributed by atoms with E-state index in [1.165, 1.54) is 5.56 Å². The fourth-order valence-corrected chi connectivity index (χ4v) is 2.73. The Morgan fingerprint density at radius 2 is 1.33 bits per heavy atom. The Kier molecular flexibility index (Phi) is 3.76. The van der Waals surface area contributed by atoms with Crippen molar-refractivity contribution in [3.05, 3.63) is 83.4 Å². The molecule has 0 spiro atoms. The van der Waals surface area contributed by atoms with E-state index in [4.69, 9.17) is 0 Å². The van der Waals surface area contributed by atoms with Crippen LogP contribution in [0.1, 0.15) is 42.6 Å². The predicted molar refractivity (Wildman–Crippen MR) is 88.5 cm³/mol. The van der Waals surface area contributed by atoms with Gasteiger partial charge < -0.3 is 5.11 Å². The molecule has 106 valence electrons. The molecule has 3 aromatic rings. The number of hydrogen-bond donors (Lipinski definition) is 1. The smallest absolute Gasteiger partial charge is 0.105 e. The minimum Gasteiger partial charge on any atom is -0.384 e. The Labute approximate surface area is 125 Å². The van der Waals surface area contributed by atoms with Crippen molar-refractivity contribution in [1.82, 2.24) is 0 Å². The van der Waals surface area contributed by atoms with Gasteiger partial charge in [0.1, 0.15) is 6.10 Å². The predicted octanol–water partition coefficient (Wildman–Crippen LogP) is 5.04. The summed E-state index contributed by atoms with van der Waals surface area (Å²) in [5, 5.41) is 13.0. The van der Waals surface area contributed by atoms with Gasteiger partial charge in [-0.3, -0.25) is 0 Å². The van der Waals surface area contributed by atoms with Crippen LogP contribution < -0.4 is 0 Å². The molecule has 0 amide bonds. The number of fused-ring (bicyclic) bond motifs is 1. The minimum atomic E-state index is -0.586. The molecule has 3 aromatic carbocycles. The van der Waals surface area contributed by atoms with Gasteiger partial charge >= 0.3 is 0 Å². The van der Waals surface area contributed by atoms with Crippen molar-refractivity contribution in [2.24, 2.45) is 0 Å². The summed E-state index contributed by atoms with van der Waals surface area (Å²) in [6.45, 7) is 4.35. The molecular formula is C20H20O. The lowest BCUT2D eigenvalue weighted by atomic mass is 9.94. The first-order valence-corrected chi connectivity index (χ1v) is 7.42. The number of hydrogen-bond acceptors (Lipinski definition) is 1. The Morgan fingerprint density at radius 3 is 2.05 bits per heavy atom. The normalized spacial score (nSPS) is 12.8. The van der Waals surface area contributed by atoms with Crippen LogP contribution in [0.3, 0.4) is 0 Å². The summed E-state index contributed by atoms with van der Waals surface area (Å²) in [7, 11) is 0. The van der Waals surface area contributed by atoms with E-state index in [0.29, 0.717) is 5.92 Å². The van der Waals surface area contributed by atoms with Crippen molar-refractivity contribution in [3.63, 3.8) is 0 Å². The lowest BCUT2D eigenvalue weighted by Gasteiger charge is -2.15. The highest BCUT2D eigenvalue weighted by atomic mass is 16.3. The van der Waals surface area contributed by atoms with Gasteiger partial charge in [0.15, 0.2) is 0 Å². The SMILES string of the molecule is CC(C)c1ccc([C@@H](O)c2cccc3ccccc23)cc1. The summed E-state index contributed by atoms with van der Waals surface area (Å²) in [5.74, 6) is 0.508. The van der Waals surface area contributed by atoms with E-state index in [2.05, 4.69) is 44.2 Å². The van der Waals surface area contributed by atoms with Gasteiger partial charge in [-0.25, -0.2) is 0 Å². The molecule has 0 fully saturated rings. The van der Waals surface area contributed by atoms with Gasteiger partial charge in [-0.1, -0.05) is 80.6 Å². The van der Waals surface area contributed by atoms with Crippen LogP contribution in [-0.2, 0) is 0 Å². The second-order valence-electron chi connectivity index (χ2n) is 5.79. The van der Waals surface area contributed by atoms with Gasteiger partial charge in [0.05, 0.1) is 0 Å². The average Bonchev–Trinajstić information content (AvgIpc) is 2.53. The maximum absolute atomic E-state index is 10.7. The monoisotopic (exact) mass is 276 g/mol. The average molecular weight is 276 g/mol. The molecule has 0 heterocycles. The summed E-state index contributed by atoms with van der Waals surface area (Å²) >= 11 is 0. The third-order valence-corrected chi connectivity index (χ3v) is 4.04. The van der Waals surface area contributed by atoms with Crippen LogP contribution in [0, 0.1) is 0 Å². The van der Waals surface area contributed by atoms with E-state index < -0.39 is 6.10 Å². The standard InChI is InChI=1S/C20H20O/c1-14(2)15-10-12-17(13-11-15)20(21)19-9-5-7-16-6-3-4-8-18(16)19/h3-14,20-21H,1-2H3/t20-/m1/s1. The van der Waals surface area contributed by atoms with Crippen LogP contribution in [0.2, 0.25) is 0 Å². The van der Waals surface area contributed by atoms with Crippen molar-refractivity contribution in [2.45, 2.75) is 25.9 Å². The third-order valence-electron chi connectivity index (χ3n) is 4.04. The second-order valence-corrected chi connectivity index (χ2v) is 5.79. The van der Waals surface area contributed by atoms with Crippen LogP contribution in [0.25, 0.3) is 10.8 Å². The van der Waals surface area contributed by atoms with Gasteiger partial charge in [0, 0.05) is 0 Å². The minimum absolute atomic E-state index is 0.508. The van der Waals surface area contributed by atoms with Crippen molar-refractivity contribution < 1.29 is 5.11 Å². The molecule has 1 nitrogen and oxygen atoms in total. The lowest BCUT2D eigenvalue weighted by Crippen LogP contribution is -2.01. The first kappa shape index (κ1) is 13.8.